The Morgan fingerprint density at radius 3 is 1.42 bits per heavy atom. The standard InChI is InChI=1S/C64H45N/c1-42-34-36-53-57(38-42)64(55-31-17-13-27-49(55)50-28-14-18-32-56(50)64)59-39-43(2)40-61(62(53)59)65(60-33-19-15-26-48(60)44-20-6-3-7-21-44)47-35-37-52-51-29-12-16-30-54(51)63(58(52)41-47,45-22-8-4-9-23-45)46-24-10-5-11-25-46/h3-41H,1-2H3/i1D3,2D3. The van der Waals surface area contributed by atoms with Crippen LogP contribution in [0, 0.1) is 13.7 Å². The highest BCUT2D eigenvalue weighted by Crippen LogP contribution is 2.66. The molecule has 3 aliphatic rings. The summed E-state index contributed by atoms with van der Waals surface area (Å²) in [6.07, 6.45) is 0. The first-order valence-electron chi connectivity index (χ1n) is 25.3. The second-order valence-electron chi connectivity index (χ2n) is 17.5. The Labute approximate surface area is 390 Å². The van der Waals surface area contributed by atoms with E-state index in [1.165, 1.54) is 5.56 Å². The van der Waals surface area contributed by atoms with Gasteiger partial charge >= 0.3 is 0 Å². The number of benzene rings is 10. The Balaban J connectivity index is 1.19. The van der Waals surface area contributed by atoms with Gasteiger partial charge in [0.1, 0.15) is 0 Å². The smallest absolute Gasteiger partial charge is 0.0726 e. The van der Waals surface area contributed by atoms with Gasteiger partial charge in [-0.15, -0.1) is 0 Å². The second-order valence-corrected chi connectivity index (χ2v) is 17.5. The number of nitrogens with zero attached hydrogens (tertiary/aromatic N) is 1. The van der Waals surface area contributed by atoms with Gasteiger partial charge in [0.05, 0.1) is 22.2 Å². The predicted molar refractivity (Wildman–Crippen MR) is 270 cm³/mol. The molecule has 13 rings (SSSR count). The molecule has 10 aromatic carbocycles. The van der Waals surface area contributed by atoms with E-state index in [4.69, 9.17) is 4.11 Å². The van der Waals surface area contributed by atoms with E-state index in [2.05, 4.69) is 163 Å². The van der Waals surface area contributed by atoms with Crippen LogP contribution in [0.25, 0.3) is 44.5 Å². The Kier molecular flexibility index (Phi) is 6.97. The van der Waals surface area contributed by atoms with Crippen LogP contribution < -0.4 is 4.90 Å². The quantitative estimate of drug-likeness (QED) is 0.161. The van der Waals surface area contributed by atoms with Crippen LogP contribution in [0.2, 0.25) is 0 Å². The molecule has 0 radical (unpaired) electrons. The van der Waals surface area contributed by atoms with Gasteiger partial charge in [-0.1, -0.05) is 218 Å². The Bertz CT molecular complexity index is 3660. The molecule has 306 valence electrons. The zero-order valence-electron chi connectivity index (χ0n) is 41.5. The molecule has 0 saturated carbocycles. The van der Waals surface area contributed by atoms with Crippen molar-refractivity contribution in [1.82, 2.24) is 0 Å². The molecule has 0 heterocycles. The van der Waals surface area contributed by atoms with Gasteiger partial charge < -0.3 is 4.90 Å². The molecule has 0 amide bonds. The van der Waals surface area contributed by atoms with Crippen molar-refractivity contribution in [2.24, 2.45) is 0 Å². The van der Waals surface area contributed by atoms with Crippen LogP contribution in [-0.4, -0.2) is 0 Å². The summed E-state index contributed by atoms with van der Waals surface area (Å²) in [5, 5.41) is 0. The van der Waals surface area contributed by atoms with Gasteiger partial charge in [-0.05, 0) is 121 Å². The van der Waals surface area contributed by atoms with E-state index in [-0.39, 0.29) is 11.1 Å². The Morgan fingerprint density at radius 2 is 0.800 bits per heavy atom. The molecule has 10 aromatic rings. The number of aryl methyl sites for hydroxylation is 2. The lowest BCUT2D eigenvalue weighted by Gasteiger charge is -2.36. The molecule has 0 atom stereocenters. The average molecular weight is 834 g/mol. The summed E-state index contributed by atoms with van der Waals surface area (Å²) >= 11 is 0. The maximum Gasteiger partial charge on any atom is 0.0726 e. The van der Waals surface area contributed by atoms with Crippen molar-refractivity contribution in [2.45, 2.75) is 24.5 Å². The van der Waals surface area contributed by atoms with Gasteiger partial charge in [-0.3, -0.25) is 0 Å². The molecular weight excluding hydrogens is 783 g/mol. The number of para-hydroxylation sites is 1. The number of hydrogen-bond donors (Lipinski definition) is 0. The minimum absolute atomic E-state index is 0.190. The van der Waals surface area contributed by atoms with Crippen LogP contribution in [0.4, 0.5) is 17.1 Å². The van der Waals surface area contributed by atoms with Crippen molar-refractivity contribution in [3.05, 3.63) is 292 Å². The van der Waals surface area contributed by atoms with Gasteiger partial charge in [0, 0.05) is 25.0 Å². The summed E-state index contributed by atoms with van der Waals surface area (Å²) in [6.45, 7) is -4.93. The third-order valence-corrected chi connectivity index (χ3v) is 14.3. The van der Waals surface area contributed by atoms with Crippen LogP contribution >= 0.6 is 0 Å². The van der Waals surface area contributed by atoms with Crippen molar-refractivity contribution in [3.8, 4) is 44.5 Å². The first-order chi connectivity index (χ1) is 34.5. The third kappa shape index (κ3) is 5.15. The molecule has 3 aliphatic carbocycles. The lowest BCUT2D eigenvalue weighted by molar-refractivity contribution is 0.768. The van der Waals surface area contributed by atoms with Crippen LogP contribution in [-0.2, 0) is 10.8 Å². The van der Waals surface area contributed by atoms with Crippen molar-refractivity contribution in [1.29, 1.82) is 0 Å². The van der Waals surface area contributed by atoms with E-state index in [9.17, 15) is 4.11 Å². The molecule has 0 fully saturated rings. The van der Waals surface area contributed by atoms with Gasteiger partial charge in [0.15, 0.2) is 0 Å². The summed E-state index contributed by atoms with van der Waals surface area (Å²) < 4.78 is 53.9. The molecule has 1 nitrogen and oxygen atoms in total. The molecule has 0 aliphatic heterocycles. The van der Waals surface area contributed by atoms with Crippen molar-refractivity contribution in [2.75, 3.05) is 4.90 Å². The largest absolute Gasteiger partial charge is 0.309 e. The minimum Gasteiger partial charge on any atom is -0.309 e. The summed E-state index contributed by atoms with van der Waals surface area (Å²) in [5.41, 5.74) is 17.2. The van der Waals surface area contributed by atoms with E-state index < -0.39 is 24.5 Å². The van der Waals surface area contributed by atoms with Gasteiger partial charge in [-0.2, -0.15) is 0 Å². The number of rotatable bonds is 6. The summed E-state index contributed by atoms with van der Waals surface area (Å²) in [5.74, 6) is 0. The fourth-order valence-corrected chi connectivity index (χ4v) is 11.9. The highest BCUT2D eigenvalue weighted by molar-refractivity contribution is 6.03. The lowest BCUT2D eigenvalue weighted by Crippen LogP contribution is -2.28. The topological polar surface area (TPSA) is 3.24 Å². The third-order valence-electron chi connectivity index (χ3n) is 14.3. The van der Waals surface area contributed by atoms with Crippen molar-refractivity contribution in [3.63, 3.8) is 0 Å². The second kappa shape index (κ2) is 14.3. The van der Waals surface area contributed by atoms with E-state index in [1.807, 2.05) is 72.8 Å². The molecule has 0 bridgehead atoms. The highest BCUT2D eigenvalue weighted by Gasteiger charge is 2.53. The van der Waals surface area contributed by atoms with Gasteiger partial charge in [0.25, 0.3) is 0 Å². The zero-order valence-corrected chi connectivity index (χ0v) is 35.5. The minimum atomic E-state index is -2.53. The fraction of sp³-hybridized carbons (Fsp3) is 0.0625. The number of fused-ring (bicyclic) bond motifs is 13. The summed E-state index contributed by atoms with van der Waals surface area (Å²) in [7, 11) is 0. The summed E-state index contributed by atoms with van der Waals surface area (Å²) in [4.78, 5) is 2.27. The number of hydrogen-bond acceptors (Lipinski definition) is 1. The van der Waals surface area contributed by atoms with E-state index in [1.54, 1.807) is 6.07 Å². The molecule has 0 saturated heterocycles. The van der Waals surface area contributed by atoms with Crippen molar-refractivity contribution < 1.29 is 8.22 Å². The van der Waals surface area contributed by atoms with Crippen LogP contribution in [0.5, 0.6) is 0 Å². The highest BCUT2D eigenvalue weighted by atomic mass is 15.1. The molecule has 65 heavy (non-hydrogen) atoms. The maximum absolute atomic E-state index is 9.24. The average Bonchev–Trinajstić information content (AvgIpc) is 3.99. The first-order valence-corrected chi connectivity index (χ1v) is 22.3. The van der Waals surface area contributed by atoms with Crippen molar-refractivity contribution >= 4 is 17.1 Å². The Hall–Kier alpha value is -8.00. The molecule has 1 spiro atoms. The fourth-order valence-electron chi connectivity index (χ4n) is 11.9. The molecule has 0 unspecified atom stereocenters. The lowest BCUT2D eigenvalue weighted by atomic mass is 9.67. The van der Waals surface area contributed by atoms with E-state index in [0.717, 1.165) is 94.8 Å². The van der Waals surface area contributed by atoms with Gasteiger partial charge in [-0.25, -0.2) is 0 Å². The number of anilines is 3. The summed E-state index contributed by atoms with van der Waals surface area (Å²) in [6, 6.07) is 81.6. The molecule has 0 N–H and O–H groups in total. The predicted octanol–water partition coefficient (Wildman–Crippen LogP) is 16.1. The first kappa shape index (κ1) is 31.8. The van der Waals surface area contributed by atoms with Crippen LogP contribution in [0.1, 0.15) is 63.9 Å². The normalized spacial score (nSPS) is 15.7. The molecule has 1 heteroatoms. The monoisotopic (exact) mass is 833 g/mol. The van der Waals surface area contributed by atoms with E-state index >= 15 is 0 Å². The molecular formula is C64H45N. The van der Waals surface area contributed by atoms with E-state index in [0.29, 0.717) is 5.69 Å². The zero-order chi connectivity index (χ0) is 48.3. The van der Waals surface area contributed by atoms with Gasteiger partial charge in [0.2, 0.25) is 0 Å². The molecule has 0 aromatic heterocycles. The SMILES string of the molecule is [2H]C([2H])([2H])c1ccc2c(c1)C1(c3ccccc3-c3ccccc31)c1cc(C([2H])([2H])[2H])cc(N(c3ccc4c(c3)C(c3ccccc3)(c3ccccc3)c3ccccc3-4)c3ccccc3-c3ccccc3)c1-2. The maximum atomic E-state index is 9.24. The Morgan fingerprint density at radius 1 is 0.323 bits per heavy atom. The van der Waals surface area contributed by atoms with Crippen LogP contribution in [0.3, 0.4) is 0 Å². The van der Waals surface area contributed by atoms with Crippen LogP contribution in [0.15, 0.2) is 237 Å².